The second-order valence-electron chi connectivity index (χ2n) is 10.1. The van der Waals surface area contributed by atoms with Crippen LogP contribution in [0.1, 0.15) is 44.7 Å². The number of ether oxygens (including phenoxy) is 2. The Hall–Kier alpha value is -1.70. The first-order valence-electron chi connectivity index (χ1n) is 11.1. The van der Waals surface area contributed by atoms with Gasteiger partial charge < -0.3 is 9.47 Å². The van der Waals surface area contributed by atoms with Gasteiger partial charge in [-0.3, -0.25) is 9.47 Å². The fourth-order valence-corrected chi connectivity index (χ4v) is 5.73. The molecule has 0 atom stereocenters. The highest BCUT2D eigenvalue weighted by molar-refractivity contribution is 7.96. The standard InChI is InChI=1S/C24H35N3O3S/c1-17-13-20(29-5)19(14-25-11-8-24(9-12-25)15-26(16-24)31-6)18-7-10-27(21(17)18)22(28)30-23(2,3)4/h7,10,13H,8-9,11-12,14-16H2,1-6H3. The first-order chi connectivity index (χ1) is 14.6. The van der Waals surface area contributed by atoms with Crippen LogP contribution < -0.4 is 4.74 Å². The number of nitrogens with zero attached hydrogens (tertiary/aromatic N) is 3. The fraction of sp³-hybridized carbons (Fsp3) is 0.625. The van der Waals surface area contributed by atoms with E-state index in [1.807, 2.05) is 58.0 Å². The Morgan fingerprint density at radius 3 is 2.48 bits per heavy atom. The molecule has 0 aliphatic carbocycles. The van der Waals surface area contributed by atoms with Crippen LogP contribution in [0.15, 0.2) is 18.3 Å². The van der Waals surface area contributed by atoms with Gasteiger partial charge in [0.2, 0.25) is 0 Å². The summed E-state index contributed by atoms with van der Waals surface area (Å²) in [4.78, 5) is 15.3. The van der Waals surface area contributed by atoms with E-state index in [-0.39, 0.29) is 6.09 Å². The summed E-state index contributed by atoms with van der Waals surface area (Å²) >= 11 is 1.86. The van der Waals surface area contributed by atoms with Crippen molar-refractivity contribution in [2.24, 2.45) is 5.41 Å². The van der Waals surface area contributed by atoms with Crippen molar-refractivity contribution >= 4 is 28.9 Å². The van der Waals surface area contributed by atoms with Crippen LogP contribution in [0.5, 0.6) is 5.75 Å². The average molecular weight is 446 g/mol. The minimum atomic E-state index is -0.534. The number of benzene rings is 1. The molecular weight excluding hydrogens is 410 g/mol. The van der Waals surface area contributed by atoms with Gasteiger partial charge in [-0.2, -0.15) is 0 Å². The summed E-state index contributed by atoms with van der Waals surface area (Å²) in [7, 11) is 1.73. The lowest BCUT2D eigenvalue weighted by Gasteiger charge is -2.53. The van der Waals surface area contributed by atoms with E-state index in [0.717, 1.165) is 47.4 Å². The molecule has 2 aliphatic heterocycles. The second kappa shape index (κ2) is 8.34. The first kappa shape index (κ1) is 22.5. The van der Waals surface area contributed by atoms with Gasteiger partial charge in [-0.15, -0.1) is 0 Å². The van der Waals surface area contributed by atoms with E-state index in [1.54, 1.807) is 11.7 Å². The number of carbonyl (C=O) groups is 1. The van der Waals surface area contributed by atoms with Crippen LogP contribution in [0.4, 0.5) is 4.79 Å². The molecule has 4 rings (SSSR count). The Kier molecular flexibility index (Phi) is 6.05. The van der Waals surface area contributed by atoms with Crippen molar-refractivity contribution in [3.8, 4) is 5.75 Å². The molecule has 170 valence electrons. The smallest absolute Gasteiger partial charge is 0.419 e. The van der Waals surface area contributed by atoms with Gasteiger partial charge in [0.15, 0.2) is 0 Å². The molecule has 2 aliphatic rings. The van der Waals surface area contributed by atoms with Gasteiger partial charge in [-0.05, 0) is 77.6 Å². The quantitative estimate of drug-likeness (QED) is 0.623. The van der Waals surface area contributed by atoms with Crippen molar-refractivity contribution in [3.63, 3.8) is 0 Å². The minimum Gasteiger partial charge on any atom is -0.496 e. The van der Waals surface area contributed by atoms with E-state index in [0.29, 0.717) is 5.41 Å². The zero-order chi connectivity index (χ0) is 22.4. The SMILES string of the molecule is COc1cc(C)c2c(ccn2C(=O)OC(C)(C)C)c1CN1CCC2(CC1)CN(SC)C2. The van der Waals surface area contributed by atoms with Gasteiger partial charge >= 0.3 is 6.09 Å². The predicted octanol–water partition coefficient (Wildman–Crippen LogP) is 4.92. The summed E-state index contributed by atoms with van der Waals surface area (Å²) in [6, 6.07) is 4.07. The lowest BCUT2D eigenvalue weighted by atomic mass is 9.73. The number of piperidine rings is 1. The van der Waals surface area contributed by atoms with Crippen molar-refractivity contribution < 1.29 is 14.3 Å². The van der Waals surface area contributed by atoms with Crippen molar-refractivity contribution in [1.82, 2.24) is 13.8 Å². The number of rotatable bonds is 4. The number of hydrogen-bond donors (Lipinski definition) is 0. The van der Waals surface area contributed by atoms with Crippen molar-refractivity contribution in [3.05, 3.63) is 29.5 Å². The highest BCUT2D eigenvalue weighted by atomic mass is 32.2. The number of fused-ring (bicyclic) bond motifs is 1. The molecule has 0 bridgehead atoms. The molecule has 2 fully saturated rings. The lowest BCUT2D eigenvalue weighted by molar-refractivity contribution is 0.00424. The van der Waals surface area contributed by atoms with Gasteiger partial charge in [0.05, 0.1) is 12.6 Å². The highest BCUT2D eigenvalue weighted by Crippen LogP contribution is 2.43. The third kappa shape index (κ3) is 4.45. The maximum Gasteiger partial charge on any atom is 0.419 e. The molecule has 3 heterocycles. The topological polar surface area (TPSA) is 46.9 Å². The number of carbonyl (C=O) groups excluding carboxylic acids is 1. The number of hydrogen-bond acceptors (Lipinski definition) is 6. The molecule has 6 nitrogen and oxygen atoms in total. The van der Waals surface area contributed by atoms with Crippen molar-refractivity contribution in [2.45, 2.75) is 52.7 Å². The molecule has 1 aromatic heterocycles. The molecule has 31 heavy (non-hydrogen) atoms. The van der Waals surface area contributed by atoms with E-state index < -0.39 is 5.60 Å². The van der Waals surface area contributed by atoms with Gasteiger partial charge in [-0.1, -0.05) is 11.9 Å². The molecule has 0 N–H and O–H groups in total. The minimum absolute atomic E-state index is 0.343. The third-order valence-corrected chi connectivity index (χ3v) is 7.39. The maximum atomic E-state index is 12.8. The fourth-order valence-electron chi connectivity index (χ4n) is 4.93. The van der Waals surface area contributed by atoms with Crippen LogP contribution >= 0.6 is 11.9 Å². The van der Waals surface area contributed by atoms with E-state index in [4.69, 9.17) is 9.47 Å². The number of aromatic nitrogens is 1. The first-order valence-corrected chi connectivity index (χ1v) is 12.3. The molecule has 0 radical (unpaired) electrons. The number of aryl methyl sites for hydroxylation is 1. The van der Waals surface area contributed by atoms with Crippen LogP contribution in [0, 0.1) is 12.3 Å². The Morgan fingerprint density at radius 2 is 1.90 bits per heavy atom. The highest BCUT2D eigenvalue weighted by Gasteiger charge is 2.44. The molecule has 7 heteroatoms. The van der Waals surface area contributed by atoms with Crippen LogP contribution in [-0.4, -0.2) is 65.0 Å². The summed E-state index contributed by atoms with van der Waals surface area (Å²) in [6.45, 7) is 13.2. The van der Waals surface area contributed by atoms with Gasteiger partial charge in [0.1, 0.15) is 11.4 Å². The van der Waals surface area contributed by atoms with Crippen LogP contribution in [0.2, 0.25) is 0 Å². The Balaban J connectivity index is 1.58. The molecule has 2 saturated heterocycles. The van der Waals surface area contributed by atoms with Crippen LogP contribution in [0.25, 0.3) is 10.9 Å². The van der Waals surface area contributed by atoms with E-state index in [1.165, 1.54) is 25.9 Å². The summed E-state index contributed by atoms with van der Waals surface area (Å²) in [5, 5.41) is 1.07. The summed E-state index contributed by atoms with van der Waals surface area (Å²) in [5.74, 6) is 0.893. The molecule has 2 aromatic rings. The van der Waals surface area contributed by atoms with Gasteiger partial charge in [-0.25, -0.2) is 9.10 Å². The van der Waals surface area contributed by atoms with E-state index in [9.17, 15) is 4.79 Å². The number of likely N-dealkylation sites (tertiary alicyclic amines) is 1. The molecule has 1 aromatic carbocycles. The Labute approximate surface area is 190 Å². The third-order valence-electron chi connectivity index (χ3n) is 6.62. The van der Waals surface area contributed by atoms with E-state index in [2.05, 4.69) is 15.5 Å². The Bertz CT molecular complexity index is 963. The largest absolute Gasteiger partial charge is 0.496 e. The maximum absolute atomic E-state index is 12.8. The summed E-state index contributed by atoms with van der Waals surface area (Å²) < 4.78 is 15.5. The summed E-state index contributed by atoms with van der Waals surface area (Å²) in [6.07, 6.45) is 6.15. The molecule has 1 spiro atoms. The normalized spacial score (nSPS) is 19.5. The van der Waals surface area contributed by atoms with Gasteiger partial charge in [0.25, 0.3) is 0 Å². The molecule has 0 unspecified atom stereocenters. The molecular formula is C24H35N3O3S. The zero-order valence-electron chi connectivity index (χ0n) is 19.7. The van der Waals surface area contributed by atoms with Crippen molar-refractivity contribution in [2.75, 3.05) is 39.5 Å². The predicted molar refractivity (Wildman–Crippen MR) is 127 cm³/mol. The van der Waals surface area contributed by atoms with Crippen LogP contribution in [-0.2, 0) is 11.3 Å². The Morgan fingerprint density at radius 1 is 1.23 bits per heavy atom. The monoisotopic (exact) mass is 445 g/mol. The lowest BCUT2D eigenvalue weighted by Crippen LogP contribution is -2.57. The number of methoxy groups -OCH3 is 1. The zero-order valence-corrected chi connectivity index (χ0v) is 20.5. The van der Waals surface area contributed by atoms with Crippen LogP contribution in [0.3, 0.4) is 0 Å². The second-order valence-corrected chi connectivity index (χ2v) is 10.9. The van der Waals surface area contributed by atoms with Crippen molar-refractivity contribution in [1.29, 1.82) is 0 Å². The summed E-state index contributed by atoms with van der Waals surface area (Å²) in [5.41, 5.74) is 3.06. The molecule has 0 saturated carbocycles. The van der Waals surface area contributed by atoms with Gasteiger partial charge in [0, 0.05) is 42.2 Å². The molecule has 0 amide bonds. The average Bonchev–Trinajstić information content (AvgIpc) is 3.13. The van der Waals surface area contributed by atoms with E-state index >= 15 is 0 Å².